The van der Waals surface area contributed by atoms with Crippen molar-refractivity contribution in [1.82, 2.24) is 5.32 Å². The molecule has 4 rings (SSSR count). The summed E-state index contributed by atoms with van der Waals surface area (Å²) in [7, 11) is -3.78. The second-order valence-corrected chi connectivity index (χ2v) is 10.4. The molecule has 0 aliphatic carbocycles. The summed E-state index contributed by atoms with van der Waals surface area (Å²) in [5.74, 6) is 0.0690. The van der Waals surface area contributed by atoms with E-state index in [1.54, 1.807) is 18.2 Å². The van der Waals surface area contributed by atoms with E-state index in [9.17, 15) is 18.0 Å². The van der Waals surface area contributed by atoms with Crippen molar-refractivity contribution < 1.29 is 32.2 Å². The molecular weight excluding hydrogens is 492 g/mol. The first kappa shape index (κ1) is 22.9. The van der Waals surface area contributed by atoms with Gasteiger partial charge in [-0.05, 0) is 54.1 Å². The number of esters is 1. The summed E-state index contributed by atoms with van der Waals surface area (Å²) in [6, 6.07) is 13.8. The third-order valence-corrected chi connectivity index (χ3v) is 7.55. The first-order valence-corrected chi connectivity index (χ1v) is 12.2. The standard InChI is InChI=1S/C21H17ClN2O7S2/c22-18-7-8-20(32-18)33(27,28)24-15-4-2-14(3-5-15)21(26)29-11-19(25)23-10-13-1-6-16-17(9-13)31-12-30-16/h1-9,24H,10-12H2,(H,23,25). The Labute approximate surface area is 198 Å². The lowest BCUT2D eigenvalue weighted by atomic mass is 10.2. The van der Waals surface area contributed by atoms with Gasteiger partial charge < -0.3 is 19.5 Å². The van der Waals surface area contributed by atoms with Crippen LogP contribution in [-0.2, 0) is 26.1 Å². The van der Waals surface area contributed by atoms with Crippen molar-refractivity contribution in [3.63, 3.8) is 0 Å². The number of sulfonamides is 1. The Morgan fingerprint density at radius 1 is 1.03 bits per heavy atom. The van der Waals surface area contributed by atoms with Gasteiger partial charge in [0.25, 0.3) is 15.9 Å². The third kappa shape index (κ3) is 5.75. The van der Waals surface area contributed by atoms with Gasteiger partial charge >= 0.3 is 5.97 Å². The highest BCUT2D eigenvalue weighted by Gasteiger charge is 2.18. The number of anilines is 1. The Bertz CT molecular complexity index is 1290. The summed E-state index contributed by atoms with van der Waals surface area (Å²) >= 11 is 6.71. The van der Waals surface area contributed by atoms with Crippen molar-refractivity contribution in [1.29, 1.82) is 0 Å². The minimum Gasteiger partial charge on any atom is -0.454 e. The van der Waals surface area contributed by atoms with E-state index < -0.39 is 28.5 Å². The van der Waals surface area contributed by atoms with Crippen LogP contribution in [0.4, 0.5) is 5.69 Å². The minimum atomic E-state index is -3.78. The van der Waals surface area contributed by atoms with Crippen LogP contribution in [-0.4, -0.2) is 33.7 Å². The smallest absolute Gasteiger partial charge is 0.338 e. The molecular formula is C21H17ClN2O7S2. The van der Waals surface area contributed by atoms with Gasteiger partial charge in [-0.1, -0.05) is 17.7 Å². The van der Waals surface area contributed by atoms with Gasteiger partial charge in [0.2, 0.25) is 6.79 Å². The number of hydrogen-bond acceptors (Lipinski definition) is 8. The van der Waals surface area contributed by atoms with Crippen LogP contribution >= 0.6 is 22.9 Å². The largest absolute Gasteiger partial charge is 0.454 e. The zero-order chi connectivity index (χ0) is 23.4. The second-order valence-electron chi connectivity index (χ2n) is 6.78. The lowest BCUT2D eigenvalue weighted by molar-refractivity contribution is -0.124. The maximum atomic E-state index is 12.3. The van der Waals surface area contributed by atoms with Gasteiger partial charge in [-0.15, -0.1) is 11.3 Å². The highest BCUT2D eigenvalue weighted by atomic mass is 35.5. The molecule has 0 atom stereocenters. The molecule has 0 saturated heterocycles. The molecule has 0 fully saturated rings. The maximum absolute atomic E-state index is 12.3. The van der Waals surface area contributed by atoms with Gasteiger partial charge in [0.05, 0.1) is 9.90 Å². The molecule has 0 saturated carbocycles. The molecule has 2 N–H and O–H groups in total. The van der Waals surface area contributed by atoms with Crippen molar-refractivity contribution in [3.8, 4) is 11.5 Å². The first-order chi connectivity index (χ1) is 15.8. The van der Waals surface area contributed by atoms with Crippen LogP contribution in [0.5, 0.6) is 11.5 Å². The summed E-state index contributed by atoms with van der Waals surface area (Å²) in [6.07, 6.45) is 0. The van der Waals surface area contributed by atoms with Gasteiger partial charge in [0.1, 0.15) is 4.21 Å². The topological polar surface area (TPSA) is 120 Å². The molecule has 1 amide bonds. The average molecular weight is 509 g/mol. The quantitative estimate of drug-likeness (QED) is 0.447. The van der Waals surface area contributed by atoms with Crippen molar-refractivity contribution >= 4 is 50.5 Å². The highest BCUT2D eigenvalue weighted by molar-refractivity contribution is 7.94. The van der Waals surface area contributed by atoms with Gasteiger partial charge in [-0.25, -0.2) is 13.2 Å². The van der Waals surface area contributed by atoms with Gasteiger partial charge in [0.15, 0.2) is 18.1 Å². The maximum Gasteiger partial charge on any atom is 0.338 e. The molecule has 2 heterocycles. The van der Waals surface area contributed by atoms with Crippen LogP contribution in [0.2, 0.25) is 4.34 Å². The van der Waals surface area contributed by atoms with E-state index in [1.807, 2.05) is 0 Å². The van der Waals surface area contributed by atoms with Crippen molar-refractivity contribution in [2.75, 3.05) is 18.1 Å². The Hall–Kier alpha value is -3.28. The molecule has 9 nitrogen and oxygen atoms in total. The molecule has 1 aromatic heterocycles. The molecule has 2 aromatic carbocycles. The molecule has 33 heavy (non-hydrogen) atoms. The van der Waals surface area contributed by atoms with E-state index in [0.717, 1.165) is 16.9 Å². The third-order valence-electron chi connectivity index (χ3n) is 4.45. The van der Waals surface area contributed by atoms with E-state index in [4.69, 9.17) is 25.8 Å². The van der Waals surface area contributed by atoms with E-state index in [1.165, 1.54) is 36.4 Å². The number of thiophene rings is 1. The molecule has 12 heteroatoms. The second kappa shape index (κ2) is 9.69. The Balaban J connectivity index is 1.25. The summed E-state index contributed by atoms with van der Waals surface area (Å²) in [5.41, 5.74) is 1.24. The lowest BCUT2D eigenvalue weighted by Crippen LogP contribution is -2.28. The molecule has 1 aliphatic heterocycles. The molecule has 0 unspecified atom stereocenters. The Morgan fingerprint density at radius 3 is 2.52 bits per heavy atom. The van der Waals surface area contributed by atoms with Gasteiger partial charge in [-0.3, -0.25) is 9.52 Å². The number of fused-ring (bicyclic) bond motifs is 1. The fraction of sp³-hybridized carbons (Fsp3) is 0.143. The SMILES string of the molecule is O=C(COC(=O)c1ccc(NS(=O)(=O)c2ccc(Cl)s2)cc1)NCc1ccc2c(c1)OCO2. The average Bonchev–Trinajstić information content (AvgIpc) is 3.45. The minimum absolute atomic E-state index is 0.0720. The Morgan fingerprint density at radius 2 is 1.79 bits per heavy atom. The van der Waals surface area contributed by atoms with E-state index in [2.05, 4.69) is 10.0 Å². The van der Waals surface area contributed by atoms with E-state index in [0.29, 0.717) is 15.8 Å². The van der Waals surface area contributed by atoms with Crippen LogP contribution in [0.25, 0.3) is 0 Å². The van der Waals surface area contributed by atoms with E-state index >= 15 is 0 Å². The number of amides is 1. The van der Waals surface area contributed by atoms with Crippen LogP contribution in [0.15, 0.2) is 58.8 Å². The number of hydrogen-bond donors (Lipinski definition) is 2. The molecule has 172 valence electrons. The first-order valence-electron chi connectivity index (χ1n) is 9.51. The van der Waals surface area contributed by atoms with Crippen LogP contribution < -0.4 is 19.5 Å². The van der Waals surface area contributed by atoms with E-state index in [-0.39, 0.29) is 28.8 Å². The summed E-state index contributed by atoms with van der Waals surface area (Å²) < 4.78 is 43.0. The molecule has 0 bridgehead atoms. The number of benzene rings is 2. The number of nitrogens with one attached hydrogen (secondary N) is 2. The predicted molar refractivity (Wildman–Crippen MR) is 121 cm³/mol. The number of carbonyl (C=O) groups is 2. The summed E-state index contributed by atoms with van der Waals surface area (Å²) in [5, 5.41) is 2.65. The number of rotatable bonds is 8. The summed E-state index contributed by atoms with van der Waals surface area (Å²) in [4.78, 5) is 24.2. The number of halogens is 1. The van der Waals surface area contributed by atoms with Crippen LogP contribution in [0, 0.1) is 0 Å². The molecule has 0 radical (unpaired) electrons. The number of carbonyl (C=O) groups excluding carboxylic acids is 2. The molecule has 3 aromatic rings. The van der Waals surface area contributed by atoms with Crippen molar-refractivity contribution in [2.45, 2.75) is 10.8 Å². The normalized spacial score (nSPS) is 12.3. The van der Waals surface area contributed by atoms with Crippen LogP contribution in [0.1, 0.15) is 15.9 Å². The molecule has 1 aliphatic rings. The van der Waals surface area contributed by atoms with Crippen molar-refractivity contribution in [2.24, 2.45) is 0 Å². The fourth-order valence-corrected chi connectivity index (χ4v) is 5.38. The van der Waals surface area contributed by atoms with Crippen LogP contribution in [0.3, 0.4) is 0 Å². The van der Waals surface area contributed by atoms with Gasteiger partial charge in [-0.2, -0.15) is 0 Å². The molecule has 0 spiro atoms. The lowest BCUT2D eigenvalue weighted by Gasteiger charge is -2.09. The van der Waals surface area contributed by atoms with Crippen molar-refractivity contribution in [3.05, 3.63) is 70.1 Å². The van der Waals surface area contributed by atoms with Gasteiger partial charge in [0, 0.05) is 12.2 Å². The predicted octanol–water partition coefficient (Wildman–Crippen LogP) is 3.40. The monoisotopic (exact) mass is 508 g/mol. The fourth-order valence-electron chi connectivity index (χ4n) is 2.84. The zero-order valence-corrected chi connectivity index (χ0v) is 19.3. The zero-order valence-electron chi connectivity index (χ0n) is 16.9. The number of ether oxygens (including phenoxy) is 3. The Kier molecular flexibility index (Phi) is 6.72. The highest BCUT2D eigenvalue weighted by Crippen LogP contribution is 2.32. The summed E-state index contributed by atoms with van der Waals surface area (Å²) in [6.45, 7) is -0.0638.